The summed E-state index contributed by atoms with van der Waals surface area (Å²) < 4.78 is 26.1. The van der Waals surface area contributed by atoms with Crippen LogP contribution in [0.2, 0.25) is 0 Å². The first kappa shape index (κ1) is 17.3. The Hall–Kier alpha value is -2.02. The van der Waals surface area contributed by atoms with E-state index in [0.717, 1.165) is 0 Å². The van der Waals surface area contributed by atoms with Crippen LogP contribution in [0.4, 0.5) is 8.78 Å². The average Bonchev–Trinajstić information content (AvgIpc) is 2.60. The van der Waals surface area contributed by atoms with Gasteiger partial charge in [0.15, 0.2) is 0 Å². The Morgan fingerprint density at radius 2 is 1.83 bits per heavy atom. The van der Waals surface area contributed by atoms with Crippen LogP contribution in [0.15, 0.2) is 30.3 Å². The number of alkyl halides is 2. The van der Waals surface area contributed by atoms with E-state index in [-0.39, 0.29) is 11.8 Å². The summed E-state index contributed by atoms with van der Waals surface area (Å²) in [6, 6.07) is 8.92. The van der Waals surface area contributed by atoms with Crippen molar-refractivity contribution in [3.05, 3.63) is 35.9 Å². The normalized spacial score (nSPS) is 16.2. The zero-order chi connectivity index (χ0) is 16.9. The number of rotatable bonds is 5. The molecule has 0 bridgehead atoms. The van der Waals surface area contributed by atoms with Crippen LogP contribution in [0.25, 0.3) is 0 Å². The summed E-state index contributed by atoms with van der Waals surface area (Å²) in [7, 11) is 0. The third-order valence-electron chi connectivity index (χ3n) is 3.99. The number of benzene rings is 1. The van der Waals surface area contributed by atoms with Crippen molar-refractivity contribution in [2.45, 2.75) is 18.8 Å². The molecule has 0 unspecified atom stereocenters. The highest BCUT2D eigenvalue weighted by Crippen LogP contribution is 2.20. The van der Waals surface area contributed by atoms with E-state index in [1.807, 2.05) is 6.07 Å². The summed E-state index contributed by atoms with van der Waals surface area (Å²) in [4.78, 5) is 25.9. The minimum absolute atomic E-state index is 0.0703. The predicted octanol–water partition coefficient (Wildman–Crippen LogP) is 1.25. The molecule has 0 aliphatic carbocycles. The van der Waals surface area contributed by atoms with Crippen LogP contribution in [0.1, 0.15) is 23.2 Å². The molecule has 0 spiro atoms. The van der Waals surface area contributed by atoms with Gasteiger partial charge in [-0.15, -0.1) is 0 Å². The monoisotopic (exact) mass is 325 g/mol. The summed E-state index contributed by atoms with van der Waals surface area (Å²) >= 11 is 0. The minimum Gasteiger partial charge on any atom is -0.350 e. The van der Waals surface area contributed by atoms with Crippen molar-refractivity contribution in [3.8, 4) is 0 Å². The van der Waals surface area contributed by atoms with Gasteiger partial charge < -0.3 is 16.0 Å². The zero-order valence-electron chi connectivity index (χ0n) is 12.8. The molecule has 2 rings (SSSR count). The first-order chi connectivity index (χ1) is 10.9. The predicted molar refractivity (Wildman–Crippen MR) is 82.1 cm³/mol. The number of hydrogen-bond acceptors (Lipinski definition) is 3. The van der Waals surface area contributed by atoms with E-state index >= 15 is 0 Å². The van der Waals surface area contributed by atoms with Crippen molar-refractivity contribution < 1.29 is 18.4 Å². The molecule has 0 aromatic heterocycles. The fraction of sp³-hybridized carbons (Fsp3) is 0.500. The zero-order valence-corrected chi connectivity index (χ0v) is 12.8. The largest absolute Gasteiger partial charge is 0.350 e. The Morgan fingerprint density at radius 1 is 1.22 bits per heavy atom. The van der Waals surface area contributed by atoms with Crippen LogP contribution in [0.3, 0.4) is 0 Å². The van der Waals surface area contributed by atoms with Gasteiger partial charge in [-0.3, -0.25) is 9.59 Å². The molecule has 1 heterocycles. The first-order valence-electron chi connectivity index (χ1n) is 7.63. The summed E-state index contributed by atoms with van der Waals surface area (Å²) in [5, 5.41) is 2.25. The molecule has 1 aliphatic heterocycles. The van der Waals surface area contributed by atoms with E-state index in [2.05, 4.69) is 5.32 Å². The Kier molecular flexibility index (Phi) is 5.65. The topological polar surface area (TPSA) is 75.4 Å². The Labute approximate surface area is 133 Å². The van der Waals surface area contributed by atoms with E-state index in [9.17, 15) is 18.4 Å². The molecule has 2 amide bonds. The van der Waals surface area contributed by atoms with Gasteiger partial charge in [-0.1, -0.05) is 18.2 Å². The lowest BCUT2D eigenvalue weighted by Gasteiger charge is -2.31. The third-order valence-corrected chi connectivity index (χ3v) is 3.99. The van der Waals surface area contributed by atoms with Crippen molar-refractivity contribution in [2.75, 3.05) is 26.2 Å². The molecule has 1 aromatic carbocycles. The average molecular weight is 325 g/mol. The number of likely N-dealkylation sites (tertiary alicyclic amines) is 1. The molecule has 7 heteroatoms. The van der Waals surface area contributed by atoms with Gasteiger partial charge in [-0.2, -0.15) is 0 Å². The maximum atomic E-state index is 13.0. The van der Waals surface area contributed by atoms with E-state index in [0.29, 0.717) is 31.5 Å². The van der Waals surface area contributed by atoms with Gasteiger partial charge in [-0.05, 0) is 25.0 Å². The van der Waals surface area contributed by atoms with Crippen LogP contribution >= 0.6 is 0 Å². The molecular weight excluding hydrogens is 304 g/mol. The quantitative estimate of drug-likeness (QED) is 0.855. The summed E-state index contributed by atoms with van der Waals surface area (Å²) in [6.45, 7) is -0.652. The number of halogens is 2. The van der Waals surface area contributed by atoms with Gasteiger partial charge in [-0.25, -0.2) is 8.78 Å². The van der Waals surface area contributed by atoms with Gasteiger partial charge in [0.2, 0.25) is 5.91 Å². The summed E-state index contributed by atoms with van der Waals surface area (Å²) in [6.07, 6.45) is 0.942. The number of nitrogens with zero attached hydrogens (tertiary/aromatic N) is 1. The number of nitrogens with one attached hydrogen (secondary N) is 1. The van der Waals surface area contributed by atoms with Crippen molar-refractivity contribution in [3.63, 3.8) is 0 Å². The fourth-order valence-corrected chi connectivity index (χ4v) is 2.54. The summed E-state index contributed by atoms with van der Waals surface area (Å²) in [5.74, 6) is -3.90. The lowest BCUT2D eigenvalue weighted by Crippen LogP contribution is -2.46. The van der Waals surface area contributed by atoms with Crippen LogP contribution in [0, 0.1) is 5.92 Å². The summed E-state index contributed by atoms with van der Waals surface area (Å²) in [5.41, 5.74) is 5.54. The minimum atomic E-state index is -3.08. The van der Waals surface area contributed by atoms with E-state index in [4.69, 9.17) is 5.73 Å². The molecule has 5 nitrogen and oxygen atoms in total. The molecule has 1 saturated heterocycles. The van der Waals surface area contributed by atoms with Gasteiger partial charge in [0.05, 0.1) is 13.1 Å². The van der Waals surface area contributed by atoms with Gasteiger partial charge >= 0.3 is 0 Å². The van der Waals surface area contributed by atoms with E-state index in [1.165, 1.54) is 0 Å². The maximum absolute atomic E-state index is 13.0. The number of nitrogens with two attached hydrogens (primary N) is 1. The highest BCUT2D eigenvalue weighted by Gasteiger charge is 2.31. The SMILES string of the molecule is NCC(F)(F)CNC(=O)C1CCN(C(=O)c2ccccc2)CC1. The number of hydrogen-bond donors (Lipinski definition) is 2. The van der Waals surface area contributed by atoms with Gasteiger partial charge in [0.25, 0.3) is 11.8 Å². The van der Waals surface area contributed by atoms with E-state index in [1.54, 1.807) is 29.2 Å². The van der Waals surface area contributed by atoms with Crippen molar-refractivity contribution in [1.29, 1.82) is 0 Å². The number of piperidine rings is 1. The number of amides is 2. The number of carbonyl (C=O) groups excluding carboxylic acids is 2. The molecule has 1 aliphatic rings. The van der Waals surface area contributed by atoms with Gasteiger partial charge in [0, 0.05) is 24.6 Å². The number of carbonyl (C=O) groups is 2. The molecule has 3 N–H and O–H groups in total. The van der Waals surface area contributed by atoms with Gasteiger partial charge in [0.1, 0.15) is 0 Å². The van der Waals surface area contributed by atoms with Crippen molar-refractivity contribution in [2.24, 2.45) is 11.7 Å². The second-order valence-electron chi connectivity index (χ2n) is 5.71. The molecule has 23 heavy (non-hydrogen) atoms. The molecule has 126 valence electrons. The Balaban J connectivity index is 1.82. The van der Waals surface area contributed by atoms with Crippen LogP contribution in [-0.2, 0) is 4.79 Å². The third kappa shape index (κ3) is 4.72. The van der Waals surface area contributed by atoms with E-state index < -0.39 is 24.9 Å². The van der Waals surface area contributed by atoms with Crippen molar-refractivity contribution in [1.82, 2.24) is 10.2 Å². The molecule has 0 saturated carbocycles. The smallest absolute Gasteiger partial charge is 0.277 e. The standard InChI is InChI=1S/C16H21F2N3O2/c17-16(18,10-19)11-20-14(22)12-6-8-21(9-7-12)15(23)13-4-2-1-3-5-13/h1-5,12H,6-11,19H2,(H,20,22). The van der Waals surface area contributed by atoms with Crippen LogP contribution in [0.5, 0.6) is 0 Å². The van der Waals surface area contributed by atoms with Crippen LogP contribution in [-0.4, -0.2) is 48.8 Å². The molecule has 0 atom stereocenters. The molecular formula is C16H21F2N3O2. The molecule has 1 aromatic rings. The Bertz CT molecular complexity index is 544. The van der Waals surface area contributed by atoms with Crippen molar-refractivity contribution >= 4 is 11.8 Å². The first-order valence-corrected chi connectivity index (χ1v) is 7.63. The maximum Gasteiger partial charge on any atom is 0.277 e. The Morgan fingerprint density at radius 3 is 2.39 bits per heavy atom. The highest BCUT2D eigenvalue weighted by atomic mass is 19.3. The van der Waals surface area contributed by atoms with Crippen LogP contribution < -0.4 is 11.1 Å². The fourth-order valence-electron chi connectivity index (χ4n) is 2.54. The highest BCUT2D eigenvalue weighted by molar-refractivity contribution is 5.94. The molecule has 1 fully saturated rings. The lowest BCUT2D eigenvalue weighted by atomic mass is 9.95. The molecule has 0 radical (unpaired) electrons. The lowest BCUT2D eigenvalue weighted by molar-refractivity contribution is -0.128. The second kappa shape index (κ2) is 7.50. The second-order valence-corrected chi connectivity index (χ2v) is 5.71.